The minimum atomic E-state index is -0.218. The molecular formula is C23H24N4O2. The molecule has 0 unspecified atom stereocenters. The van der Waals surface area contributed by atoms with E-state index >= 15 is 0 Å². The zero-order chi connectivity index (χ0) is 20.1. The molecule has 1 aliphatic heterocycles. The van der Waals surface area contributed by atoms with Crippen LogP contribution in [0.3, 0.4) is 0 Å². The number of hydrogen-bond donors (Lipinski definition) is 1. The molecule has 1 saturated heterocycles. The Morgan fingerprint density at radius 2 is 1.76 bits per heavy atom. The maximum atomic E-state index is 12.8. The Balaban J connectivity index is 1.46. The van der Waals surface area contributed by atoms with E-state index in [0.29, 0.717) is 22.9 Å². The molecule has 0 radical (unpaired) electrons. The van der Waals surface area contributed by atoms with E-state index in [-0.39, 0.29) is 12.5 Å². The fourth-order valence-corrected chi connectivity index (χ4v) is 3.41. The van der Waals surface area contributed by atoms with Crippen molar-refractivity contribution in [2.24, 2.45) is 0 Å². The second-order valence-electron chi connectivity index (χ2n) is 7.07. The number of nitrogens with zero attached hydrogens (tertiary/aromatic N) is 3. The van der Waals surface area contributed by atoms with Gasteiger partial charge in [-0.3, -0.25) is 4.79 Å². The van der Waals surface area contributed by atoms with E-state index in [1.165, 1.54) is 12.8 Å². The Hall–Kier alpha value is -3.41. The van der Waals surface area contributed by atoms with Crippen LogP contribution in [0.15, 0.2) is 60.7 Å². The quantitative estimate of drug-likeness (QED) is 0.688. The number of ether oxygens (including phenoxy) is 1. The van der Waals surface area contributed by atoms with Crippen LogP contribution in [-0.2, 0) is 6.54 Å². The molecule has 1 aliphatic rings. The zero-order valence-corrected chi connectivity index (χ0v) is 16.5. The second kappa shape index (κ2) is 8.73. The minimum absolute atomic E-state index is 0.218. The molecule has 6 heteroatoms. The number of hydrogen-bond acceptors (Lipinski definition) is 5. The van der Waals surface area contributed by atoms with Gasteiger partial charge in [-0.15, -0.1) is 0 Å². The number of nitrogens with one attached hydrogen (secondary N) is 1. The van der Waals surface area contributed by atoms with Crippen molar-refractivity contribution in [3.05, 3.63) is 77.7 Å². The summed E-state index contributed by atoms with van der Waals surface area (Å²) in [6.07, 6.45) is 2.38. The minimum Gasteiger partial charge on any atom is -0.457 e. The standard InChI is InChI=1S/C23H24N4O2/c1-17-15-22(27-13-7-8-14-27)26-21(25-17)16-24-23(28)19-11-5-6-12-20(19)29-18-9-3-2-4-10-18/h2-6,9-12,15H,7-8,13-14,16H2,1H3,(H,24,28). The van der Waals surface area contributed by atoms with Gasteiger partial charge in [0.2, 0.25) is 0 Å². The number of rotatable bonds is 6. The van der Waals surface area contributed by atoms with Gasteiger partial charge in [-0.05, 0) is 44.0 Å². The van der Waals surface area contributed by atoms with E-state index in [9.17, 15) is 4.79 Å². The van der Waals surface area contributed by atoms with Crippen LogP contribution in [-0.4, -0.2) is 29.0 Å². The molecule has 0 spiro atoms. The Bertz CT molecular complexity index is 985. The van der Waals surface area contributed by atoms with Crippen LogP contribution in [0.25, 0.3) is 0 Å². The number of anilines is 1. The van der Waals surface area contributed by atoms with Gasteiger partial charge in [0.25, 0.3) is 5.91 Å². The Labute approximate surface area is 170 Å². The molecule has 29 heavy (non-hydrogen) atoms. The predicted molar refractivity (Wildman–Crippen MR) is 112 cm³/mol. The van der Waals surface area contributed by atoms with Gasteiger partial charge in [-0.25, -0.2) is 9.97 Å². The van der Waals surface area contributed by atoms with Gasteiger partial charge < -0.3 is 15.0 Å². The number of aromatic nitrogens is 2. The summed E-state index contributed by atoms with van der Waals surface area (Å²) in [6.45, 7) is 4.26. The van der Waals surface area contributed by atoms with E-state index in [1.807, 2.05) is 55.5 Å². The normalized spacial score (nSPS) is 13.3. The number of amides is 1. The Morgan fingerprint density at radius 1 is 1.03 bits per heavy atom. The molecule has 1 amide bonds. The van der Waals surface area contributed by atoms with Gasteiger partial charge in [0, 0.05) is 24.8 Å². The van der Waals surface area contributed by atoms with Crippen molar-refractivity contribution in [2.45, 2.75) is 26.3 Å². The molecular weight excluding hydrogens is 364 g/mol. The maximum Gasteiger partial charge on any atom is 0.255 e. The molecule has 3 aromatic rings. The molecule has 0 atom stereocenters. The maximum absolute atomic E-state index is 12.8. The summed E-state index contributed by atoms with van der Waals surface area (Å²) in [5, 5.41) is 2.92. The van der Waals surface area contributed by atoms with Crippen molar-refractivity contribution in [2.75, 3.05) is 18.0 Å². The lowest BCUT2D eigenvalue weighted by Crippen LogP contribution is -2.26. The highest BCUT2D eigenvalue weighted by Crippen LogP contribution is 2.25. The lowest BCUT2D eigenvalue weighted by molar-refractivity contribution is 0.0947. The van der Waals surface area contributed by atoms with Crippen LogP contribution >= 0.6 is 0 Å². The summed E-state index contributed by atoms with van der Waals surface area (Å²) in [6, 6.07) is 18.6. The number of carbonyl (C=O) groups is 1. The molecule has 1 fully saturated rings. The first-order chi connectivity index (χ1) is 14.2. The average Bonchev–Trinajstić information content (AvgIpc) is 3.28. The van der Waals surface area contributed by atoms with Crippen molar-refractivity contribution < 1.29 is 9.53 Å². The molecule has 6 nitrogen and oxygen atoms in total. The van der Waals surface area contributed by atoms with Crippen molar-refractivity contribution in [1.82, 2.24) is 15.3 Å². The summed E-state index contributed by atoms with van der Waals surface area (Å²) in [4.78, 5) is 24.2. The largest absolute Gasteiger partial charge is 0.457 e. The second-order valence-corrected chi connectivity index (χ2v) is 7.07. The molecule has 4 rings (SSSR count). The summed E-state index contributed by atoms with van der Waals surface area (Å²) in [5.41, 5.74) is 1.38. The van der Waals surface area contributed by atoms with Gasteiger partial charge in [0.05, 0.1) is 12.1 Å². The summed E-state index contributed by atoms with van der Waals surface area (Å²) < 4.78 is 5.89. The fourth-order valence-electron chi connectivity index (χ4n) is 3.41. The van der Waals surface area contributed by atoms with Crippen LogP contribution in [0.5, 0.6) is 11.5 Å². The van der Waals surface area contributed by atoms with Crippen molar-refractivity contribution in [3.8, 4) is 11.5 Å². The number of benzene rings is 2. The number of aryl methyl sites for hydroxylation is 1. The number of para-hydroxylation sites is 2. The van der Waals surface area contributed by atoms with Gasteiger partial charge in [0.1, 0.15) is 23.1 Å². The van der Waals surface area contributed by atoms with Crippen LogP contribution in [0, 0.1) is 6.92 Å². The first kappa shape index (κ1) is 18.9. The van der Waals surface area contributed by atoms with Gasteiger partial charge >= 0.3 is 0 Å². The molecule has 148 valence electrons. The summed E-state index contributed by atoms with van der Waals surface area (Å²) in [5.74, 6) is 2.53. The van der Waals surface area contributed by atoms with Gasteiger partial charge in [0.15, 0.2) is 0 Å². The third-order valence-corrected chi connectivity index (χ3v) is 4.83. The van der Waals surface area contributed by atoms with E-state index in [0.717, 1.165) is 24.6 Å². The molecule has 1 N–H and O–H groups in total. The molecule has 0 bridgehead atoms. The lowest BCUT2D eigenvalue weighted by atomic mass is 10.2. The third-order valence-electron chi connectivity index (χ3n) is 4.83. The van der Waals surface area contributed by atoms with Crippen LogP contribution in [0.1, 0.15) is 34.7 Å². The summed E-state index contributed by atoms with van der Waals surface area (Å²) >= 11 is 0. The first-order valence-electron chi connectivity index (χ1n) is 9.89. The van der Waals surface area contributed by atoms with Crippen LogP contribution < -0.4 is 15.0 Å². The van der Waals surface area contributed by atoms with E-state index in [4.69, 9.17) is 4.74 Å². The van der Waals surface area contributed by atoms with Crippen molar-refractivity contribution in [3.63, 3.8) is 0 Å². The van der Waals surface area contributed by atoms with Crippen molar-refractivity contribution >= 4 is 11.7 Å². The van der Waals surface area contributed by atoms with E-state index < -0.39 is 0 Å². The SMILES string of the molecule is Cc1cc(N2CCCC2)nc(CNC(=O)c2ccccc2Oc2ccccc2)n1. The van der Waals surface area contributed by atoms with Crippen molar-refractivity contribution in [1.29, 1.82) is 0 Å². The highest BCUT2D eigenvalue weighted by Gasteiger charge is 2.16. The first-order valence-corrected chi connectivity index (χ1v) is 9.89. The third kappa shape index (κ3) is 4.71. The topological polar surface area (TPSA) is 67.4 Å². The van der Waals surface area contributed by atoms with E-state index in [1.54, 1.807) is 12.1 Å². The lowest BCUT2D eigenvalue weighted by Gasteiger charge is -2.17. The molecule has 0 aliphatic carbocycles. The van der Waals surface area contributed by atoms with Gasteiger partial charge in [-0.2, -0.15) is 0 Å². The smallest absolute Gasteiger partial charge is 0.255 e. The van der Waals surface area contributed by atoms with Gasteiger partial charge in [-0.1, -0.05) is 30.3 Å². The highest BCUT2D eigenvalue weighted by atomic mass is 16.5. The predicted octanol–water partition coefficient (Wildman–Crippen LogP) is 4.11. The Morgan fingerprint density at radius 3 is 2.55 bits per heavy atom. The fraction of sp³-hybridized carbons (Fsp3) is 0.261. The molecule has 2 heterocycles. The summed E-state index contributed by atoms with van der Waals surface area (Å²) in [7, 11) is 0. The van der Waals surface area contributed by atoms with E-state index in [2.05, 4.69) is 20.2 Å². The zero-order valence-electron chi connectivity index (χ0n) is 16.5. The monoisotopic (exact) mass is 388 g/mol. The Kier molecular flexibility index (Phi) is 5.70. The highest BCUT2D eigenvalue weighted by molar-refractivity contribution is 5.96. The molecule has 2 aromatic carbocycles. The van der Waals surface area contributed by atoms with Crippen LogP contribution in [0.2, 0.25) is 0 Å². The number of carbonyl (C=O) groups excluding carboxylic acids is 1. The van der Waals surface area contributed by atoms with Crippen LogP contribution in [0.4, 0.5) is 5.82 Å². The molecule has 1 aromatic heterocycles. The average molecular weight is 388 g/mol. The molecule has 0 saturated carbocycles.